The van der Waals surface area contributed by atoms with Crippen LogP contribution in [0, 0.1) is 0 Å². The van der Waals surface area contributed by atoms with Gasteiger partial charge in [-0.2, -0.15) is 0 Å². The Bertz CT molecular complexity index is 844. The van der Waals surface area contributed by atoms with Crippen molar-refractivity contribution in [2.75, 3.05) is 13.1 Å². The molecule has 0 radical (unpaired) electrons. The van der Waals surface area contributed by atoms with Crippen molar-refractivity contribution in [3.05, 3.63) is 108 Å². The van der Waals surface area contributed by atoms with Crippen LogP contribution in [0.15, 0.2) is 91.0 Å². The van der Waals surface area contributed by atoms with Gasteiger partial charge in [0.15, 0.2) is 0 Å². The molecule has 3 nitrogen and oxygen atoms in total. The van der Waals surface area contributed by atoms with Crippen molar-refractivity contribution in [2.24, 2.45) is 0 Å². The van der Waals surface area contributed by atoms with Gasteiger partial charge in [-0.3, -0.25) is 4.90 Å². The Hall–Kier alpha value is -1.86. The number of hydrogen-bond donors (Lipinski definition) is 0. The zero-order valence-corrected chi connectivity index (χ0v) is 17.2. The number of hydrogen-bond acceptors (Lipinski definition) is 3. The maximum atomic E-state index is 13.4. The fraction of sp³-hybridized carbons (Fsp3) is 0.280. The van der Waals surface area contributed by atoms with Crippen LogP contribution in [0.3, 0.4) is 0 Å². The van der Waals surface area contributed by atoms with Crippen LogP contribution in [-0.2, 0) is 13.1 Å². The van der Waals surface area contributed by atoms with Gasteiger partial charge in [0.05, 0.1) is 0 Å². The van der Waals surface area contributed by atoms with E-state index in [-0.39, 0.29) is 24.9 Å². The van der Waals surface area contributed by atoms with Crippen LogP contribution >= 0.6 is 0 Å². The second-order valence-corrected chi connectivity index (χ2v) is 7.58. The average molecular weight is 378 g/mol. The zero-order chi connectivity index (χ0) is 19.2. The fourth-order valence-electron chi connectivity index (χ4n) is 4.08. The molecule has 29 heavy (non-hydrogen) atoms. The van der Waals surface area contributed by atoms with Crippen molar-refractivity contribution in [1.82, 2.24) is 9.80 Å². The summed E-state index contributed by atoms with van der Waals surface area (Å²) in [7, 11) is 0. The first-order valence-corrected chi connectivity index (χ1v) is 10.1. The van der Waals surface area contributed by atoms with Crippen molar-refractivity contribution >= 4 is 0 Å². The van der Waals surface area contributed by atoms with Crippen LogP contribution in [-0.4, -0.2) is 28.9 Å². The monoisotopic (exact) mass is 378 g/mol. The van der Waals surface area contributed by atoms with Crippen LogP contribution in [0.5, 0.6) is 0 Å². The normalized spacial score (nSPS) is 17.8. The molecule has 144 valence electrons. The molecular weight excluding hydrogens is 351 g/mol. The molecule has 0 amide bonds. The maximum absolute atomic E-state index is 13.4. The molecule has 0 bridgehead atoms. The minimum absolute atomic E-state index is 0. The number of likely N-dealkylation sites (tertiary alicyclic amines) is 1. The molecule has 1 fully saturated rings. The first kappa shape index (κ1) is 21.8. The average Bonchev–Trinajstić information content (AvgIpc) is 3.22. The van der Waals surface area contributed by atoms with E-state index in [2.05, 4.69) is 52.3 Å². The van der Waals surface area contributed by atoms with Gasteiger partial charge in [0.1, 0.15) is 0 Å². The van der Waals surface area contributed by atoms with Crippen LogP contribution in [0.25, 0.3) is 0 Å². The molecule has 1 aliphatic rings. The minimum Gasteiger partial charge on any atom is -0.837 e. The Morgan fingerprint density at radius 2 is 1.38 bits per heavy atom. The van der Waals surface area contributed by atoms with Gasteiger partial charge in [0, 0.05) is 32.2 Å². The first-order valence-electron chi connectivity index (χ1n) is 10.1. The SMILES string of the molecule is [Li+].[O-]C(c1ccccc1)N(Cc1ccccc1)[C@H]1CCN(Cc2ccccc2)C1. The van der Waals surface area contributed by atoms with Gasteiger partial charge < -0.3 is 10.0 Å². The summed E-state index contributed by atoms with van der Waals surface area (Å²) in [6.45, 7) is 3.61. The maximum Gasteiger partial charge on any atom is 1.00 e. The van der Waals surface area contributed by atoms with Gasteiger partial charge in [-0.1, -0.05) is 91.0 Å². The van der Waals surface area contributed by atoms with Gasteiger partial charge in [0.25, 0.3) is 0 Å². The summed E-state index contributed by atoms with van der Waals surface area (Å²) in [6.07, 6.45) is 0.189. The molecular formula is C25H27LiN2O. The zero-order valence-electron chi connectivity index (χ0n) is 17.2. The van der Waals surface area contributed by atoms with Crippen LogP contribution in [0.2, 0.25) is 0 Å². The number of nitrogens with zero attached hydrogens (tertiary/aromatic N) is 2. The number of benzene rings is 3. The van der Waals surface area contributed by atoms with Crippen molar-refractivity contribution in [3.63, 3.8) is 0 Å². The summed E-state index contributed by atoms with van der Waals surface area (Å²) in [5.74, 6) is 0. The predicted molar refractivity (Wildman–Crippen MR) is 111 cm³/mol. The molecule has 0 spiro atoms. The second kappa shape index (κ2) is 10.8. The summed E-state index contributed by atoms with van der Waals surface area (Å²) in [5, 5.41) is 13.4. The van der Waals surface area contributed by atoms with E-state index >= 15 is 0 Å². The fourth-order valence-corrected chi connectivity index (χ4v) is 4.08. The molecule has 0 N–H and O–H groups in total. The molecule has 0 saturated carbocycles. The summed E-state index contributed by atoms with van der Waals surface area (Å²) >= 11 is 0. The minimum atomic E-state index is -0.844. The van der Waals surface area contributed by atoms with E-state index in [0.717, 1.165) is 31.6 Å². The molecule has 1 unspecified atom stereocenters. The van der Waals surface area contributed by atoms with Crippen LogP contribution in [0.1, 0.15) is 29.3 Å². The summed E-state index contributed by atoms with van der Waals surface area (Å²) in [6, 6.07) is 31.0. The third kappa shape index (κ3) is 5.82. The smallest absolute Gasteiger partial charge is 0.837 e. The van der Waals surface area contributed by atoms with E-state index < -0.39 is 6.23 Å². The molecule has 4 rings (SSSR count). The first-order chi connectivity index (χ1) is 13.8. The molecule has 4 heteroatoms. The van der Waals surface area contributed by atoms with Gasteiger partial charge in [-0.25, -0.2) is 0 Å². The van der Waals surface area contributed by atoms with Gasteiger partial charge >= 0.3 is 18.9 Å². The predicted octanol–water partition coefficient (Wildman–Crippen LogP) is 0.826. The van der Waals surface area contributed by atoms with Gasteiger partial charge in [-0.05, 0) is 29.3 Å². The van der Waals surface area contributed by atoms with E-state index in [1.165, 1.54) is 11.1 Å². The Balaban J connectivity index is 0.00000240. The third-order valence-electron chi connectivity index (χ3n) is 5.56. The molecule has 0 aromatic heterocycles. The molecule has 3 aromatic carbocycles. The summed E-state index contributed by atoms with van der Waals surface area (Å²) in [4.78, 5) is 4.62. The third-order valence-corrected chi connectivity index (χ3v) is 5.56. The van der Waals surface area contributed by atoms with Crippen molar-refractivity contribution in [1.29, 1.82) is 0 Å². The molecule has 1 heterocycles. The Morgan fingerprint density at radius 1 is 0.828 bits per heavy atom. The molecule has 0 aliphatic carbocycles. The van der Waals surface area contributed by atoms with E-state index in [9.17, 15) is 5.11 Å². The van der Waals surface area contributed by atoms with E-state index in [1.54, 1.807) is 0 Å². The topological polar surface area (TPSA) is 29.5 Å². The van der Waals surface area contributed by atoms with E-state index in [1.807, 2.05) is 48.5 Å². The molecule has 2 atom stereocenters. The molecule has 3 aromatic rings. The van der Waals surface area contributed by atoms with Crippen molar-refractivity contribution in [2.45, 2.75) is 31.8 Å². The van der Waals surface area contributed by atoms with E-state index in [0.29, 0.717) is 6.54 Å². The summed E-state index contributed by atoms with van der Waals surface area (Å²) < 4.78 is 0. The number of rotatable bonds is 7. The van der Waals surface area contributed by atoms with E-state index in [4.69, 9.17) is 0 Å². The van der Waals surface area contributed by atoms with Crippen LogP contribution in [0.4, 0.5) is 0 Å². The Labute approximate surface area is 186 Å². The quantitative estimate of drug-likeness (QED) is 0.451. The molecule has 1 aliphatic heterocycles. The van der Waals surface area contributed by atoms with Crippen LogP contribution < -0.4 is 24.0 Å². The Kier molecular flexibility index (Phi) is 8.12. The van der Waals surface area contributed by atoms with Gasteiger partial charge in [0.2, 0.25) is 0 Å². The second-order valence-electron chi connectivity index (χ2n) is 7.58. The standard InChI is InChI=1S/C25H27N2O.Li/c28-25(23-14-8-3-9-15-23)27(19-22-12-6-2-7-13-22)24-16-17-26(20-24)18-21-10-4-1-5-11-21;/h1-15,24-25H,16-20H2;/q-1;+1/t24-,25?;/m0./s1. The summed E-state index contributed by atoms with van der Waals surface area (Å²) in [5.41, 5.74) is 3.38. The van der Waals surface area contributed by atoms with Crippen molar-refractivity contribution in [3.8, 4) is 0 Å². The Morgan fingerprint density at radius 3 is 2.00 bits per heavy atom. The van der Waals surface area contributed by atoms with Gasteiger partial charge in [-0.15, -0.1) is 0 Å². The van der Waals surface area contributed by atoms with Crippen molar-refractivity contribution < 1.29 is 24.0 Å². The largest absolute Gasteiger partial charge is 1.00 e. The molecule has 1 saturated heterocycles.